The summed E-state index contributed by atoms with van der Waals surface area (Å²) in [6.07, 6.45) is 1.89. The number of halogens is 1. The Morgan fingerprint density at radius 1 is 1.28 bits per heavy atom. The predicted molar refractivity (Wildman–Crippen MR) is 69.5 cm³/mol. The highest BCUT2D eigenvalue weighted by Gasteiger charge is 2.15. The van der Waals surface area contributed by atoms with Crippen molar-refractivity contribution in [2.75, 3.05) is 5.73 Å². The van der Waals surface area contributed by atoms with E-state index in [9.17, 15) is 4.39 Å². The summed E-state index contributed by atoms with van der Waals surface area (Å²) in [6, 6.07) is 6.81. The van der Waals surface area contributed by atoms with Crippen LogP contribution in [0.3, 0.4) is 0 Å². The Balaban J connectivity index is 2.40. The molecule has 0 bridgehead atoms. The minimum atomic E-state index is -0.233. The topological polar surface area (TPSA) is 48.8 Å². The number of anilines is 1. The molecule has 0 unspecified atom stereocenters. The first-order chi connectivity index (χ1) is 8.58. The van der Waals surface area contributed by atoms with Crippen LogP contribution in [0.5, 0.6) is 0 Å². The van der Waals surface area contributed by atoms with Gasteiger partial charge >= 0.3 is 0 Å². The Labute approximate surface area is 103 Å². The molecule has 0 amide bonds. The van der Waals surface area contributed by atoms with Gasteiger partial charge in [-0.25, -0.2) is 4.39 Å². The Morgan fingerprint density at radius 2 is 2.06 bits per heavy atom. The fourth-order valence-corrected chi connectivity index (χ4v) is 2.34. The average molecular weight is 244 g/mol. The maximum atomic E-state index is 14.0. The largest absolute Gasteiger partial charge is 0.382 e. The Hall–Kier alpha value is -2.30. The van der Waals surface area contributed by atoms with Crippen LogP contribution >= 0.6 is 0 Å². The van der Waals surface area contributed by atoms with E-state index in [1.807, 2.05) is 23.9 Å². The SMILES string of the molecule is Cn1nc(N)cc1-c1cn(C)c2cccc(F)c12. The van der Waals surface area contributed by atoms with Crippen LogP contribution in [0.15, 0.2) is 30.5 Å². The van der Waals surface area contributed by atoms with Gasteiger partial charge in [-0.15, -0.1) is 0 Å². The first-order valence-electron chi connectivity index (χ1n) is 5.61. The Kier molecular flexibility index (Phi) is 2.16. The van der Waals surface area contributed by atoms with Crippen LogP contribution in [-0.2, 0) is 14.1 Å². The maximum Gasteiger partial charge on any atom is 0.146 e. The molecule has 0 aliphatic heterocycles. The lowest BCUT2D eigenvalue weighted by atomic mass is 10.1. The number of aromatic nitrogens is 3. The fraction of sp³-hybridized carbons (Fsp3) is 0.154. The second kappa shape index (κ2) is 3.60. The van der Waals surface area contributed by atoms with Gasteiger partial charge in [0.1, 0.15) is 11.6 Å². The summed E-state index contributed by atoms with van der Waals surface area (Å²) in [5.41, 5.74) is 8.14. The van der Waals surface area contributed by atoms with Crippen molar-refractivity contribution in [2.24, 2.45) is 14.1 Å². The molecule has 0 radical (unpaired) electrons. The van der Waals surface area contributed by atoms with Crippen molar-refractivity contribution in [3.8, 4) is 11.3 Å². The molecule has 4 nitrogen and oxygen atoms in total. The number of hydrogen-bond acceptors (Lipinski definition) is 2. The summed E-state index contributed by atoms with van der Waals surface area (Å²) in [6.45, 7) is 0. The lowest BCUT2D eigenvalue weighted by molar-refractivity contribution is 0.640. The van der Waals surface area contributed by atoms with Crippen molar-refractivity contribution in [3.63, 3.8) is 0 Å². The van der Waals surface area contributed by atoms with E-state index in [1.54, 1.807) is 23.9 Å². The first-order valence-corrected chi connectivity index (χ1v) is 5.61. The molecular formula is C13H13FN4. The second-order valence-corrected chi connectivity index (χ2v) is 4.37. The van der Waals surface area contributed by atoms with Crippen molar-refractivity contribution < 1.29 is 4.39 Å². The summed E-state index contributed by atoms with van der Waals surface area (Å²) in [7, 11) is 3.69. The number of rotatable bonds is 1. The molecule has 3 aromatic rings. The van der Waals surface area contributed by atoms with Crippen molar-refractivity contribution in [2.45, 2.75) is 0 Å². The number of nitrogens with two attached hydrogens (primary N) is 1. The minimum Gasteiger partial charge on any atom is -0.382 e. The highest BCUT2D eigenvalue weighted by molar-refractivity contribution is 5.96. The van der Waals surface area contributed by atoms with Crippen LogP contribution in [0.2, 0.25) is 0 Å². The Morgan fingerprint density at radius 3 is 2.72 bits per heavy atom. The lowest BCUT2D eigenvalue weighted by Gasteiger charge is -2.00. The van der Waals surface area contributed by atoms with Crippen LogP contribution < -0.4 is 5.73 Å². The number of hydrogen-bond donors (Lipinski definition) is 1. The fourth-order valence-electron chi connectivity index (χ4n) is 2.34. The van der Waals surface area contributed by atoms with Gasteiger partial charge in [-0.1, -0.05) is 6.07 Å². The third-order valence-corrected chi connectivity index (χ3v) is 3.14. The zero-order valence-electron chi connectivity index (χ0n) is 10.2. The van der Waals surface area contributed by atoms with E-state index in [0.29, 0.717) is 11.2 Å². The van der Waals surface area contributed by atoms with Gasteiger partial charge in [0.2, 0.25) is 0 Å². The third kappa shape index (κ3) is 1.40. The van der Waals surface area contributed by atoms with Gasteiger partial charge in [0, 0.05) is 37.3 Å². The van der Waals surface area contributed by atoms with Gasteiger partial charge in [-0.05, 0) is 12.1 Å². The number of nitrogen functional groups attached to an aromatic ring is 1. The van der Waals surface area contributed by atoms with Crippen LogP contribution in [0.1, 0.15) is 0 Å². The van der Waals surface area contributed by atoms with Crippen LogP contribution in [0.25, 0.3) is 22.2 Å². The van der Waals surface area contributed by atoms with Crippen molar-refractivity contribution >= 4 is 16.7 Å². The second-order valence-electron chi connectivity index (χ2n) is 4.37. The monoisotopic (exact) mass is 244 g/mol. The molecule has 0 aliphatic carbocycles. The van der Waals surface area contributed by atoms with Gasteiger partial charge < -0.3 is 10.3 Å². The molecule has 0 saturated carbocycles. The molecule has 0 saturated heterocycles. The van der Waals surface area contributed by atoms with E-state index in [2.05, 4.69) is 5.10 Å². The number of aryl methyl sites for hydroxylation is 2. The van der Waals surface area contributed by atoms with Gasteiger partial charge in [-0.3, -0.25) is 4.68 Å². The molecule has 3 rings (SSSR count). The van der Waals surface area contributed by atoms with Gasteiger partial charge in [0.15, 0.2) is 0 Å². The summed E-state index contributed by atoms with van der Waals surface area (Å²) in [5.74, 6) is 0.198. The summed E-state index contributed by atoms with van der Waals surface area (Å²) >= 11 is 0. The summed E-state index contributed by atoms with van der Waals surface area (Å²) in [4.78, 5) is 0. The van der Waals surface area contributed by atoms with Gasteiger partial charge in [0.05, 0.1) is 11.2 Å². The molecule has 0 aliphatic rings. The van der Waals surface area contributed by atoms with E-state index in [4.69, 9.17) is 5.73 Å². The van der Waals surface area contributed by atoms with E-state index < -0.39 is 0 Å². The van der Waals surface area contributed by atoms with Crippen LogP contribution in [-0.4, -0.2) is 14.3 Å². The van der Waals surface area contributed by atoms with Gasteiger partial charge in [-0.2, -0.15) is 5.10 Å². The first kappa shape index (κ1) is 10.8. The molecule has 5 heteroatoms. The van der Waals surface area contributed by atoms with E-state index in [1.165, 1.54) is 6.07 Å². The highest BCUT2D eigenvalue weighted by atomic mass is 19.1. The number of fused-ring (bicyclic) bond motifs is 1. The molecule has 18 heavy (non-hydrogen) atoms. The van der Waals surface area contributed by atoms with Crippen LogP contribution in [0, 0.1) is 5.82 Å². The molecule has 2 N–H and O–H groups in total. The quantitative estimate of drug-likeness (QED) is 0.714. The Bertz CT molecular complexity index is 739. The molecule has 0 fully saturated rings. The molecule has 2 aromatic heterocycles. The van der Waals surface area contributed by atoms with E-state index in [-0.39, 0.29) is 5.82 Å². The lowest BCUT2D eigenvalue weighted by Crippen LogP contribution is -1.94. The zero-order chi connectivity index (χ0) is 12.9. The maximum absolute atomic E-state index is 14.0. The highest BCUT2D eigenvalue weighted by Crippen LogP contribution is 2.32. The standard InChI is InChI=1S/C13H13FN4/c1-17-7-8(11-6-12(15)16-18(11)2)13-9(14)4-3-5-10(13)17/h3-7H,1-2H3,(H2,15,16). The third-order valence-electron chi connectivity index (χ3n) is 3.14. The van der Waals surface area contributed by atoms with Crippen molar-refractivity contribution in [1.82, 2.24) is 14.3 Å². The molecular weight excluding hydrogens is 231 g/mol. The number of nitrogens with zero attached hydrogens (tertiary/aromatic N) is 3. The van der Waals surface area contributed by atoms with Crippen LogP contribution in [0.4, 0.5) is 10.2 Å². The summed E-state index contributed by atoms with van der Waals surface area (Å²) in [5, 5.41) is 4.70. The normalized spacial score (nSPS) is 11.3. The van der Waals surface area contributed by atoms with Crippen molar-refractivity contribution in [1.29, 1.82) is 0 Å². The van der Waals surface area contributed by atoms with E-state index in [0.717, 1.165) is 16.8 Å². The smallest absolute Gasteiger partial charge is 0.146 e. The van der Waals surface area contributed by atoms with Crippen molar-refractivity contribution in [3.05, 3.63) is 36.3 Å². The predicted octanol–water partition coefficient (Wildman–Crippen LogP) is 2.30. The minimum absolute atomic E-state index is 0.233. The molecule has 0 atom stereocenters. The summed E-state index contributed by atoms with van der Waals surface area (Å²) < 4.78 is 17.6. The molecule has 92 valence electrons. The average Bonchev–Trinajstić information content (AvgIpc) is 2.81. The zero-order valence-corrected chi connectivity index (χ0v) is 10.2. The number of benzene rings is 1. The van der Waals surface area contributed by atoms with E-state index >= 15 is 0 Å². The molecule has 2 heterocycles. The van der Waals surface area contributed by atoms with Gasteiger partial charge in [0.25, 0.3) is 0 Å². The molecule has 1 aromatic carbocycles. The molecule has 0 spiro atoms.